The van der Waals surface area contributed by atoms with E-state index in [1.165, 1.54) is 19.2 Å². The van der Waals surface area contributed by atoms with Gasteiger partial charge in [-0.3, -0.25) is 4.79 Å². The zero-order valence-electron chi connectivity index (χ0n) is 9.08. The summed E-state index contributed by atoms with van der Waals surface area (Å²) in [5.74, 6) is 1.46. The Kier molecular flexibility index (Phi) is 3.79. The van der Waals surface area contributed by atoms with E-state index in [9.17, 15) is 18.0 Å². The number of nitrogens with zero attached hydrogens (tertiary/aromatic N) is 1. The Hall–Kier alpha value is -1.96. The highest BCUT2D eigenvalue weighted by Crippen LogP contribution is 2.32. The van der Waals surface area contributed by atoms with E-state index in [4.69, 9.17) is 6.42 Å². The molecule has 5 heteroatoms. The van der Waals surface area contributed by atoms with E-state index in [2.05, 4.69) is 5.92 Å². The molecule has 1 amide bonds. The molecule has 0 saturated heterocycles. The fraction of sp³-hybridized carbons (Fsp3) is 0.250. The molecule has 0 heterocycles. The summed E-state index contributed by atoms with van der Waals surface area (Å²) in [5, 5.41) is 0. The molecule has 0 saturated carbocycles. The van der Waals surface area contributed by atoms with Crippen molar-refractivity contribution in [1.29, 1.82) is 0 Å². The number of carbonyl (C=O) groups excluding carboxylic acids is 1. The Balaban J connectivity index is 3.15. The molecule has 0 N–H and O–H groups in total. The summed E-state index contributed by atoms with van der Waals surface area (Å²) in [4.78, 5) is 12.8. The quantitative estimate of drug-likeness (QED) is 0.728. The Morgan fingerprint density at radius 1 is 1.41 bits per heavy atom. The average Bonchev–Trinajstić information content (AvgIpc) is 2.27. The molecule has 17 heavy (non-hydrogen) atoms. The second kappa shape index (κ2) is 4.91. The lowest BCUT2D eigenvalue weighted by Gasteiger charge is -2.17. The maximum Gasteiger partial charge on any atom is 0.417 e. The first-order valence-corrected chi connectivity index (χ1v) is 4.73. The van der Waals surface area contributed by atoms with Crippen molar-refractivity contribution in [3.8, 4) is 12.3 Å². The van der Waals surface area contributed by atoms with Crippen LogP contribution in [-0.2, 0) is 6.18 Å². The largest absolute Gasteiger partial charge is 0.417 e. The molecule has 1 aromatic carbocycles. The number of rotatable bonds is 2. The summed E-state index contributed by atoms with van der Waals surface area (Å²) in [6.45, 7) is -0.0367. The van der Waals surface area contributed by atoms with Crippen LogP contribution in [0.5, 0.6) is 0 Å². The first kappa shape index (κ1) is 13.1. The van der Waals surface area contributed by atoms with Gasteiger partial charge in [0.25, 0.3) is 5.91 Å². The van der Waals surface area contributed by atoms with Gasteiger partial charge in [0, 0.05) is 7.05 Å². The standard InChI is InChI=1S/C12H10F3NO/c1-3-8-16(2)11(17)9-6-4-5-7-10(9)12(13,14)15/h1,4-7H,8H2,2H3. The van der Waals surface area contributed by atoms with Gasteiger partial charge in [-0.25, -0.2) is 0 Å². The number of alkyl halides is 3. The van der Waals surface area contributed by atoms with Gasteiger partial charge >= 0.3 is 6.18 Å². The molecule has 0 aliphatic carbocycles. The molecule has 0 atom stereocenters. The summed E-state index contributed by atoms with van der Waals surface area (Å²) >= 11 is 0. The summed E-state index contributed by atoms with van der Waals surface area (Å²) in [6, 6.07) is 4.63. The van der Waals surface area contributed by atoms with Crippen LogP contribution in [0, 0.1) is 12.3 Å². The number of terminal acetylenes is 1. The van der Waals surface area contributed by atoms with Crippen molar-refractivity contribution in [3.05, 3.63) is 35.4 Å². The Morgan fingerprint density at radius 3 is 2.53 bits per heavy atom. The first-order valence-electron chi connectivity index (χ1n) is 4.73. The molecule has 1 rings (SSSR count). The molecule has 0 aliphatic heterocycles. The van der Waals surface area contributed by atoms with Crippen LogP contribution < -0.4 is 0 Å². The van der Waals surface area contributed by atoms with E-state index in [-0.39, 0.29) is 6.54 Å². The van der Waals surface area contributed by atoms with E-state index in [1.807, 2.05) is 0 Å². The minimum Gasteiger partial charge on any atom is -0.331 e. The molecule has 2 nitrogen and oxygen atoms in total. The van der Waals surface area contributed by atoms with Gasteiger partial charge in [-0.2, -0.15) is 13.2 Å². The maximum atomic E-state index is 12.6. The molecule has 0 spiro atoms. The van der Waals surface area contributed by atoms with Gasteiger partial charge < -0.3 is 4.90 Å². The van der Waals surface area contributed by atoms with Crippen LogP contribution in [0.15, 0.2) is 24.3 Å². The lowest BCUT2D eigenvalue weighted by atomic mass is 10.1. The van der Waals surface area contributed by atoms with Crippen LogP contribution >= 0.6 is 0 Å². The van der Waals surface area contributed by atoms with Crippen molar-refractivity contribution >= 4 is 5.91 Å². The second-order valence-corrected chi connectivity index (χ2v) is 3.41. The highest BCUT2D eigenvalue weighted by molar-refractivity contribution is 5.95. The lowest BCUT2D eigenvalue weighted by molar-refractivity contribution is -0.138. The molecule has 1 aromatic rings. The molecule has 0 fully saturated rings. The van der Waals surface area contributed by atoms with Gasteiger partial charge in [0.05, 0.1) is 17.7 Å². The van der Waals surface area contributed by atoms with Crippen LogP contribution in [0.3, 0.4) is 0 Å². The van der Waals surface area contributed by atoms with E-state index >= 15 is 0 Å². The molecule has 0 bridgehead atoms. The smallest absolute Gasteiger partial charge is 0.331 e. The monoisotopic (exact) mass is 241 g/mol. The lowest BCUT2D eigenvalue weighted by Crippen LogP contribution is -2.29. The van der Waals surface area contributed by atoms with Crippen LogP contribution in [-0.4, -0.2) is 24.4 Å². The molecule has 90 valence electrons. The maximum absolute atomic E-state index is 12.6. The number of benzene rings is 1. The Labute approximate surface area is 97.0 Å². The third-order valence-corrected chi connectivity index (χ3v) is 2.14. The second-order valence-electron chi connectivity index (χ2n) is 3.41. The molecular formula is C12H10F3NO. The minimum atomic E-state index is -4.55. The predicted molar refractivity (Wildman–Crippen MR) is 57.2 cm³/mol. The van der Waals surface area contributed by atoms with Gasteiger partial charge in [-0.1, -0.05) is 18.1 Å². The zero-order chi connectivity index (χ0) is 13.1. The van der Waals surface area contributed by atoms with Crippen molar-refractivity contribution in [3.63, 3.8) is 0 Å². The third-order valence-electron chi connectivity index (χ3n) is 2.14. The summed E-state index contributed by atoms with van der Waals surface area (Å²) < 4.78 is 37.9. The SMILES string of the molecule is C#CCN(C)C(=O)c1ccccc1C(F)(F)F. The molecule has 0 aromatic heterocycles. The van der Waals surface area contributed by atoms with Crippen LogP contribution in [0.2, 0.25) is 0 Å². The fourth-order valence-electron chi connectivity index (χ4n) is 1.33. The first-order chi connectivity index (χ1) is 7.88. The van der Waals surface area contributed by atoms with Crippen molar-refractivity contribution in [2.75, 3.05) is 13.6 Å². The normalized spacial score (nSPS) is 10.8. The third kappa shape index (κ3) is 3.00. The van der Waals surface area contributed by atoms with E-state index < -0.39 is 23.2 Å². The van der Waals surface area contributed by atoms with E-state index in [0.29, 0.717) is 0 Å². The predicted octanol–water partition coefficient (Wildman–Crippen LogP) is 2.41. The molecular weight excluding hydrogens is 231 g/mol. The van der Waals surface area contributed by atoms with Crippen molar-refractivity contribution in [1.82, 2.24) is 4.90 Å². The van der Waals surface area contributed by atoms with Gasteiger partial charge in [0.15, 0.2) is 0 Å². The average molecular weight is 241 g/mol. The number of carbonyl (C=O) groups is 1. The van der Waals surface area contributed by atoms with Crippen LogP contribution in [0.4, 0.5) is 13.2 Å². The number of hydrogen-bond acceptors (Lipinski definition) is 1. The Bertz CT molecular complexity index is 460. The van der Waals surface area contributed by atoms with Gasteiger partial charge in [-0.15, -0.1) is 6.42 Å². The summed E-state index contributed by atoms with van der Waals surface area (Å²) in [5.41, 5.74) is -1.34. The highest BCUT2D eigenvalue weighted by Gasteiger charge is 2.35. The van der Waals surface area contributed by atoms with Crippen LogP contribution in [0.1, 0.15) is 15.9 Å². The fourth-order valence-corrected chi connectivity index (χ4v) is 1.33. The topological polar surface area (TPSA) is 20.3 Å². The highest BCUT2D eigenvalue weighted by atomic mass is 19.4. The van der Waals surface area contributed by atoms with Crippen LogP contribution in [0.25, 0.3) is 0 Å². The number of amides is 1. The van der Waals surface area contributed by atoms with Crippen molar-refractivity contribution in [2.45, 2.75) is 6.18 Å². The summed E-state index contributed by atoms with van der Waals surface area (Å²) in [7, 11) is 1.36. The van der Waals surface area contributed by atoms with E-state index in [0.717, 1.165) is 17.0 Å². The summed E-state index contributed by atoms with van der Waals surface area (Å²) in [6.07, 6.45) is 0.451. The van der Waals surface area contributed by atoms with Crippen molar-refractivity contribution < 1.29 is 18.0 Å². The molecule has 0 unspecified atom stereocenters. The van der Waals surface area contributed by atoms with E-state index in [1.54, 1.807) is 0 Å². The van der Waals surface area contributed by atoms with Gasteiger partial charge in [-0.05, 0) is 12.1 Å². The zero-order valence-corrected chi connectivity index (χ0v) is 9.08. The minimum absolute atomic E-state index is 0.0367. The van der Waals surface area contributed by atoms with Gasteiger partial charge in [0.2, 0.25) is 0 Å². The number of halogens is 3. The van der Waals surface area contributed by atoms with Crippen molar-refractivity contribution in [2.24, 2.45) is 0 Å². The van der Waals surface area contributed by atoms with Gasteiger partial charge in [0.1, 0.15) is 0 Å². The number of hydrogen-bond donors (Lipinski definition) is 0. The molecule has 0 aliphatic rings. The Morgan fingerprint density at radius 2 is 2.00 bits per heavy atom. The molecule has 0 radical (unpaired) electrons.